The molecule has 2 N–H and O–H groups in total. The lowest BCUT2D eigenvalue weighted by atomic mass is 10.0. The number of rotatable bonds is 4. The fraction of sp³-hybridized carbons (Fsp3) is 0.200. The minimum atomic E-state index is -0.0610. The van der Waals surface area contributed by atoms with Gasteiger partial charge in [0.05, 0.1) is 5.02 Å². The molecule has 0 spiro atoms. The molecule has 2 aromatic carbocycles. The molecule has 2 rings (SSSR count). The van der Waals surface area contributed by atoms with E-state index in [2.05, 4.69) is 0 Å². The first kappa shape index (κ1) is 14.2. The van der Waals surface area contributed by atoms with E-state index in [-0.39, 0.29) is 6.04 Å². The molecule has 0 saturated heterocycles. The van der Waals surface area contributed by atoms with Crippen LogP contribution in [0.25, 0.3) is 0 Å². The summed E-state index contributed by atoms with van der Waals surface area (Å²) in [6, 6.07) is 12.7. The highest BCUT2D eigenvalue weighted by Gasteiger charge is 2.12. The second kappa shape index (κ2) is 6.29. The molecule has 0 aliphatic heterocycles. The van der Waals surface area contributed by atoms with Crippen LogP contribution in [-0.4, -0.2) is 0 Å². The van der Waals surface area contributed by atoms with Crippen LogP contribution in [0.3, 0.4) is 0 Å². The molecule has 0 unspecified atom stereocenters. The van der Waals surface area contributed by atoms with Crippen LogP contribution in [0, 0.1) is 0 Å². The Morgan fingerprint density at radius 3 is 2.58 bits per heavy atom. The molecule has 0 aliphatic carbocycles. The van der Waals surface area contributed by atoms with Crippen molar-refractivity contribution in [2.45, 2.75) is 19.4 Å². The molecule has 2 nitrogen and oxygen atoms in total. The zero-order chi connectivity index (χ0) is 13.8. The normalized spacial score (nSPS) is 12.2. The zero-order valence-corrected chi connectivity index (χ0v) is 12.1. The Bertz CT molecular complexity index is 572. The smallest absolute Gasteiger partial charge is 0.147 e. The van der Waals surface area contributed by atoms with E-state index < -0.39 is 0 Å². The number of benzene rings is 2. The van der Waals surface area contributed by atoms with E-state index in [1.54, 1.807) is 18.2 Å². The third-order valence-electron chi connectivity index (χ3n) is 2.87. The fourth-order valence-corrected chi connectivity index (χ4v) is 2.09. The third kappa shape index (κ3) is 3.41. The first-order valence-electron chi connectivity index (χ1n) is 6.09. The Morgan fingerprint density at radius 1 is 1.11 bits per heavy atom. The number of ether oxygens (including phenoxy) is 1. The van der Waals surface area contributed by atoms with Gasteiger partial charge in [-0.25, -0.2) is 0 Å². The Hall–Kier alpha value is -1.22. The van der Waals surface area contributed by atoms with Crippen molar-refractivity contribution in [2.75, 3.05) is 0 Å². The van der Waals surface area contributed by atoms with Crippen LogP contribution < -0.4 is 10.5 Å². The van der Waals surface area contributed by atoms with E-state index in [9.17, 15) is 0 Å². The Morgan fingerprint density at radius 2 is 1.84 bits per heavy atom. The maximum atomic E-state index is 6.10. The molecule has 2 aromatic rings. The van der Waals surface area contributed by atoms with Gasteiger partial charge in [0, 0.05) is 22.7 Å². The van der Waals surface area contributed by atoms with Crippen molar-refractivity contribution in [3.8, 4) is 11.5 Å². The molecular weight excluding hydrogens is 281 g/mol. The lowest BCUT2D eigenvalue weighted by molar-refractivity contribution is 0.469. The largest absolute Gasteiger partial charge is 0.455 e. The number of hydrogen-bond donors (Lipinski definition) is 1. The maximum absolute atomic E-state index is 6.10. The van der Waals surface area contributed by atoms with E-state index in [0.29, 0.717) is 21.5 Å². The molecule has 0 radical (unpaired) electrons. The van der Waals surface area contributed by atoms with Crippen molar-refractivity contribution in [1.29, 1.82) is 0 Å². The van der Waals surface area contributed by atoms with Crippen molar-refractivity contribution in [3.63, 3.8) is 0 Å². The van der Waals surface area contributed by atoms with Crippen molar-refractivity contribution in [3.05, 3.63) is 58.1 Å². The highest BCUT2D eigenvalue weighted by atomic mass is 35.5. The Kier molecular flexibility index (Phi) is 4.70. The van der Waals surface area contributed by atoms with Crippen LogP contribution in [0.2, 0.25) is 10.0 Å². The molecule has 0 heterocycles. The summed E-state index contributed by atoms with van der Waals surface area (Å²) in [6.45, 7) is 2.04. The minimum absolute atomic E-state index is 0.0610. The van der Waals surface area contributed by atoms with Crippen molar-refractivity contribution < 1.29 is 4.74 Å². The third-order valence-corrected chi connectivity index (χ3v) is 3.42. The van der Waals surface area contributed by atoms with Gasteiger partial charge in [0.15, 0.2) is 0 Å². The highest BCUT2D eigenvalue weighted by molar-refractivity contribution is 6.34. The lowest BCUT2D eigenvalue weighted by Gasteiger charge is -2.16. The number of hydrogen-bond acceptors (Lipinski definition) is 2. The second-order valence-electron chi connectivity index (χ2n) is 4.23. The van der Waals surface area contributed by atoms with E-state index in [4.69, 9.17) is 33.7 Å². The quantitative estimate of drug-likeness (QED) is 0.842. The molecule has 0 amide bonds. The van der Waals surface area contributed by atoms with Gasteiger partial charge in [-0.05, 0) is 24.6 Å². The number of nitrogens with two attached hydrogens (primary N) is 1. The van der Waals surface area contributed by atoms with Crippen molar-refractivity contribution in [2.24, 2.45) is 5.73 Å². The van der Waals surface area contributed by atoms with Crippen LogP contribution in [0.4, 0.5) is 0 Å². The number of halogens is 2. The molecule has 19 heavy (non-hydrogen) atoms. The summed E-state index contributed by atoms with van der Waals surface area (Å²) < 4.78 is 5.85. The molecular formula is C15H15Cl2NO. The van der Waals surface area contributed by atoms with Gasteiger partial charge in [0.25, 0.3) is 0 Å². The average molecular weight is 296 g/mol. The molecule has 0 aromatic heterocycles. The SMILES string of the molecule is CC[C@H](N)c1ccccc1Oc1cc(Cl)ccc1Cl. The number of para-hydroxylation sites is 1. The zero-order valence-electron chi connectivity index (χ0n) is 10.6. The van der Waals surface area contributed by atoms with Crippen LogP contribution in [0.15, 0.2) is 42.5 Å². The topological polar surface area (TPSA) is 35.2 Å². The summed E-state index contributed by atoms with van der Waals surface area (Å²) in [5.74, 6) is 1.24. The molecule has 0 aliphatic rings. The van der Waals surface area contributed by atoms with Crippen LogP contribution in [0.5, 0.6) is 11.5 Å². The highest BCUT2D eigenvalue weighted by Crippen LogP contribution is 2.35. The van der Waals surface area contributed by atoms with Crippen molar-refractivity contribution in [1.82, 2.24) is 0 Å². The van der Waals surface area contributed by atoms with Gasteiger partial charge < -0.3 is 10.5 Å². The monoisotopic (exact) mass is 295 g/mol. The minimum Gasteiger partial charge on any atom is -0.455 e. The molecule has 100 valence electrons. The second-order valence-corrected chi connectivity index (χ2v) is 5.07. The lowest BCUT2D eigenvalue weighted by Crippen LogP contribution is -2.09. The Labute approximate surface area is 123 Å². The first-order chi connectivity index (χ1) is 9.11. The van der Waals surface area contributed by atoms with Crippen LogP contribution in [-0.2, 0) is 0 Å². The summed E-state index contributed by atoms with van der Waals surface area (Å²) >= 11 is 12.0. The first-order valence-corrected chi connectivity index (χ1v) is 6.84. The van der Waals surface area contributed by atoms with Gasteiger partial charge in [-0.3, -0.25) is 0 Å². The summed E-state index contributed by atoms with van der Waals surface area (Å²) in [5, 5.41) is 1.10. The summed E-state index contributed by atoms with van der Waals surface area (Å²) in [6.07, 6.45) is 0.837. The fourth-order valence-electron chi connectivity index (χ4n) is 1.77. The predicted octanol–water partition coefficient (Wildman–Crippen LogP) is 5.20. The predicted molar refractivity (Wildman–Crippen MR) is 80.2 cm³/mol. The molecule has 0 bridgehead atoms. The van der Waals surface area contributed by atoms with E-state index >= 15 is 0 Å². The van der Waals surface area contributed by atoms with Gasteiger partial charge in [0.1, 0.15) is 11.5 Å². The van der Waals surface area contributed by atoms with Gasteiger partial charge in [0.2, 0.25) is 0 Å². The summed E-state index contributed by atoms with van der Waals surface area (Å²) in [4.78, 5) is 0. The van der Waals surface area contributed by atoms with Gasteiger partial charge in [-0.15, -0.1) is 0 Å². The standard InChI is InChI=1S/C15H15Cl2NO/c1-2-13(18)11-5-3-4-6-14(11)19-15-9-10(16)7-8-12(15)17/h3-9,13H,2,18H2,1H3/t13-/m0/s1. The molecule has 0 fully saturated rings. The van der Waals surface area contributed by atoms with E-state index in [1.165, 1.54) is 0 Å². The van der Waals surface area contributed by atoms with Crippen molar-refractivity contribution >= 4 is 23.2 Å². The van der Waals surface area contributed by atoms with Gasteiger partial charge in [-0.1, -0.05) is 48.3 Å². The molecule has 4 heteroatoms. The maximum Gasteiger partial charge on any atom is 0.147 e. The summed E-state index contributed by atoms with van der Waals surface area (Å²) in [7, 11) is 0. The molecule has 1 atom stereocenters. The van der Waals surface area contributed by atoms with E-state index in [1.807, 2.05) is 31.2 Å². The van der Waals surface area contributed by atoms with Crippen LogP contribution in [0.1, 0.15) is 24.9 Å². The average Bonchev–Trinajstić information content (AvgIpc) is 2.42. The van der Waals surface area contributed by atoms with Crippen LogP contribution >= 0.6 is 23.2 Å². The Balaban J connectivity index is 2.35. The van der Waals surface area contributed by atoms with Gasteiger partial charge >= 0.3 is 0 Å². The molecule has 0 saturated carbocycles. The summed E-state index contributed by atoms with van der Waals surface area (Å²) in [5.41, 5.74) is 7.04. The van der Waals surface area contributed by atoms with Gasteiger partial charge in [-0.2, -0.15) is 0 Å². The van der Waals surface area contributed by atoms with E-state index in [0.717, 1.165) is 12.0 Å².